The van der Waals surface area contributed by atoms with Crippen LogP contribution < -0.4 is 5.32 Å². The molecular weight excluding hydrogens is 334 g/mol. The van der Waals surface area contributed by atoms with Gasteiger partial charge in [0.05, 0.1) is 23.3 Å². The lowest BCUT2D eigenvalue weighted by Gasteiger charge is -2.34. The van der Waals surface area contributed by atoms with E-state index in [1.807, 2.05) is 18.5 Å². The van der Waals surface area contributed by atoms with Crippen LogP contribution in [0.3, 0.4) is 0 Å². The molecule has 1 fully saturated rings. The third-order valence-electron chi connectivity index (χ3n) is 4.63. The molecule has 0 spiro atoms. The minimum absolute atomic E-state index is 0.139. The Morgan fingerprint density at radius 3 is 2.35 bits per heavy atom. The second-order valence-corrected chi connectivity index (χ2v) is 6.77. The van der Waals surface area contributed by atoms with E-state index in [1.165, 1.54) is 6.26 Å². The van der Waals surface area contributed by atoms with Gasteiger partial charge in [-0.3, -0.25) is 9.48 Å². The van der Waals surface area contributed by atoms with Crippen molar-refractivity contribution in [2.24, 2.45) is 0 Å². The van der Waals surface area contributed by atoms with E-state index in [-0.39, 0.29) is 18.0 Å². The van der Waals surface area contributed by atoms with E-state index in [0.717, 1.165) is 17.1 Å². The Bertz CT molecular complexity index is 786. The van der Waals surface area contributed by atoms with Gasteiger partial charge in [0.15, 0.2) is 5.76 Å². The van der Waals surface area contributed by atoms with Gasteiger partial charge in [-0.1, -0.05) is 0 Å². The Balaban J connectivity index is 1.60. The summed E-state index contributed by atoms with van der Waals surface area (Å²) in [4.78, 5) is 28.3. The van der Waals surface area contributed by atoms with Crippen molar-refractivity contribution in [2.45, 2.75) is 33.7 Å². The van der Waals surface area contributed by atoms with Crippen molar-refractivity contribution in [2.75, 3.05) is 31.5 Å². The van der Waals surface area contributed by atoms with Crippen LogP contribution in [-0.4, -0.2) is 57.7 Å². The number of aryl methyl sites for hydroxylation is 1. The maximum atomic E-state index is 12.6. The summed E-state index contributed by atoms with van der Waals surface area (Å²) in [7, 11) is 0. The molecule has 2 aromatic heterocycles. The Labute approximate surface area is 152 Å². The van der Waals surface area contributed by atoms with E-state index in [0.29, 0.717) is 31.9 Å². The number of furan rings is 1. The lowest BCUT2D eigenvalue weighted by molar-refractivity contribution is 0.0640. The molecule has 140 valence electrons. The van der Waals surface area contributed by atoms with Crippen LogP contribution in [0.5, 0.6) is 0 Å². The number of carbonyl (C=O) groups is 2. The maximum absolute atomic E-state index is 12.6. The summed E-state index contributed by atoms with van der Waals surface area (Å²) >= 11 is 0. The van der Waals surface area contributed by atoms with Crippen LogP contribution in [0.25, 0.3) is 0 Å². The fourth-order valence-electron chi connectivity index (χ4n) is 3.20. The highest BCUT2D eigenvalue weighted by Crippen LogP contribution is 2.23. The first-order valence-electron chi connectivity index (χ1n) is 8.83. The molecular formula is C18H25N5O3. The molecule has 1 aliphatic heterocycles. The highest BCUT2D eigenvalue weighted by molar-refractivity contribution is 5.92. The number of aromatic nitrogens is 2. The molecule has 1 N–H and O–H groups in total. The molecule has 0 radical (unpaired) electrons. The third-order valence-corrected chi connectivity index (χ3v) is 4.63. The highest BCUT2D eigenvalue weighted by Gasteiger charge is 2.27. The van der Waals surface area contributed by atoms with E-state index < -0.39 is 0 Å². The number of piperazine rings is 1. The van der Waals surface area contributed by atoms with E-state index in [2.05, 4.69) is 24.3 Å². The van der Waals surface area contributed by atoms with Crippen LogP contribution in [-0.2, 0) is 0 Å². The molecule has 8 heteroatoms. The Kier molecular flexibility index (Phi) is 5.01. The number of urea groups is 1. The van der Waals surface area contributed by atoms with Gasteiger partial charge >= 0.3 is 6.03 Å². The zero-order valence-electron chi connectivity index (χ0n) is 15.7. The lowest BCUT2D eigenvalue weighted by Crippen LogP contribution is -2.51. The fourth-order valence-corrected chi connectivity index (χ4v) is 3.20. The average molecular weight is 359 g/mol. The number of nitrogens with zero attached hydrogens (tertiary/aromatic N) is 4. The second-order valence-electron chi connectivity index (χ2n) is 6.77. The molecule has 8 nitrogen and oxygen atoms in total. The average Bonchev–Trinajstić information content (AvgIpc) is 3.25. The molecule has 0 bridgehead atoms. The zero-order chi connectivity index (χ0) is 18.8. The topological polar surface area (TPSA) is 83.6 Å². The van der Waals surface area contributed by atoms with Crippen LogP contribution in [0.15, 0.2) is 22.8 Å². The summed E-state index contributed by atoms with van der Waals surface area (Å²) in [6, 6.07) is 3.42. The highest BCUT2D eigenvalue weighted by atomic mass is 16.3. The van der Waals surface area contributed by atoms with Crippen LogP contribution >= 0.6 is 0 Å². The van der Waals surface area contributed by atoms with Gasteiger partial charge in [-0.15, -0.1) is 0 Å². The summed E-state index contributed by atoms with van der Waals surface area (Å²) in [6.07, 6.45) is 1.49. The number of carbonyl (C=O) groups excluding carboxylic acids is 2. The molecule has 3 heterocycles. The molecule has 3 amide bonds. The predicted molar refractivity (Wildman–Crippen MR) is 97.3 cm³/mol. The van der Waals surface area contributed by atoms with Crippen LogP contribution in [0.4, 0.5) is 10.5 Å². The lowest BCUT2D eigenvalue weighted by atomic mass is 10.2. The first-order valence-corrected chi connectivity index (χ1v) is 8.83. The number of amides is 3. The molecule has 2 aromatic rings. The molecule has 0 unspecified atom stereocenters. The van der Waals surface area contributed by atoms with Gasteiger partial charge in [0.2, 0.25) is 0 Å². The van der Waals surface area contributed by atoms with E-state index in [9.17, 15) is 9.59 Å². The fraction of sp³-hybridized carbons (Fsp3) is 0.500. The SMILES string of the molecule is Cc1nn(C(C)C)c(C)c1NC(=O)N1CCN(C(=O)c2ccco2)CC1. The molecule has 26 heavy (non-hydrogen) atoms. The molecule has 1 saturated heterocycles. The summed E-state index contributed by atoms with van der Waals surface area (Å²) in [6.45, 7) is 9.88. The molecule has 0 atom stereocenters. The molecule has 3 rings (SSSR count). The largest absolute Gasteiger partial charge is 0.459 e. The normalized spacial score (nSPS) is 14.8. The van der Waals surface area contributed by atoms with Crippen molar-refractivity contribution < 1.29 is 14.0 Å². The van der Waals surface area contributed by atoms with Crippen LogP contribution in [0, 0.1) is 13.8 Å². The van der Waals surface area contributed by atoms with Crippen molar-refractivity contribution in [1.29, 1.82) is 0 Å². The molecule has 0 saturated carbocycles. The van der Waals surface area contributed by atoms with Crippen molar-refractivity contribution in [1.82, 2.24) is 19.6 Å². The van der Waals surface area contributed by atoms with Gasteiger partial charge in [0, 0.05) is 32.2 Å². The number of hydrogen-bond donors (Lipinski definition) is 1. The number of nitrogens with one attached hydrogen (secondary N) is 1. The predicted octanol–water partition coefficient (Wildman–Crippen LogP) is 2.66. The Hall–Kier alpha value is -2.77. The van der Waals surface area contributed by atoms with Gasteiger partial charge in [-0.05, 0) is 39.8 Å². The second kappa shape index (κ2) is 7.23. The number of anilines is 1. The van der Waals surface area contributed by atoms with Gasteiger partial charge in [-0.2, -0.15) is 5.10 Å². The van der Waals surface area contributed by atoms with Gasteiger partial charge in [0.1, 0.15) is 0 Å². The monoisotopic (exact) mass is 359 g/mol. The summed E-state index contributed by atoms with van der Waals surface area (Å²) in [5.74, 6) is 0.190. The Morgan fingerprint density at radius 1 is 1.15 bits per heavy atom. The van der Waals surface area contributed by atoms with Gasteiger partial charge in [0.25, 0.3) is 5.91 Å². The smallest absolute Gasteiger partial charge is 0.322 e. The zero-order valence-corrected chi connectivity index (χ0v) is 15.7. The summed E-state index contributed by atoms with van der Waals surface area (Å²) in [5.41, 5.74) is 2.51. The molecule has 1 aliphatic rings. The van der Waals surface area contributed by atoms with Crippen LogP contribution in [0.2, 0.25) is 0 Å². The summed E-state index contributed by atoms with van der Waals surface area (Å²) in [5, 5.41) is 7.47. The standard InChI is InChI=1S/C18H25N5O3/c1-12(2)23-14(4)16(13(3)20-23)19-18(25)22-9-7-21(8-10-22)17(24)15-6-5-11-26-15/h5-6,11-12H,7-10H2,1-4H3,(H,19,25). The quantitative estimate of drug-likeness (QED) is 0.913. The number of rotatable bonds is 3. The minimum atomic E-state index is -0.162. The Morgan fingerprint density at radius 2 is 1.81 bits per heavy atom. The van der Waals surface area contributed by atoms with Crippen molar-refractivity contribution in [3.63, 3.8) is 0 Å². The van der Waals surface area contributed by atoms with Gasteiger partial charge in [-0.25, -0.2) is 4.79 Å². The number of hydrogen-bond acceptors (Lipinski definition) is 4. The summed E-state index contributed by atoms with van der Waals surface area (Å²) < 4.78 is 7.06. The first-order chi connectivity index (χ1) is 12.4. The van der Waals surface area contributed by atoms with Crippen molar-refractivity contribution in [3.8, 4) is 0 Å². The molecule has 0 aromatic carbocycles. The van der Waals surface area contributed by atoms with Gasteiger partial charge < -0.3 is 19.5 Å². The maximum Gasteiger partial charge on any atom is 0.322 e. The third kappa shape index (κ3) is 3.44. The van der Waals surface area contributed by atoms with Crippen molar-refractivity contribution in [3.05, 3.63) is 35.5 Å². The van der Waals surface area contributed by atoms with Crippen molar-refractivity contribution >= 4 is 17.6 Å². The van der Waals surface area contributed by atoms with Crippen LogP contribution in [0.1, 0.15) is 41.8 Å². The van der Waals surface area contributed by atoms with E-state index in [4.69, 9.17) is 4.42 Å². The first kappa shape index (κ1) is 18.0. The van der Waals surface area contributed by atoms with E-state index in [1.54, 1.807) is 21.9 Å². The van der Waals surface area contributed by atoms with E-state index >= 15 is 0 Å². The molecule has 0 aliphatic carbocycles. The minimum Gasteiger partial charge on any atom is -0.459 e.